The summed E-state index contributed by atoms with van der Waals surface area (Å²) < 4.78 is 18.3. The van der Waals surface area contributed by atoms with Gasteiger partial charge in [-0.05, 0) is 12.1 Å². The first-order valence-corrected chi connectivity index (χ1v) is 8.84. The average molecular weight is 357 g/mol. The lowest BCUT2D eigenvalue weighted by atomic mass is 10.3. The predicted octanol–water partition coefficient (Wildman–Crippen LogP) is 4.39. The van der Waals surface area contributed by atoms with Crippen LogP contribution in [-0.4, -0.2) is 23.9 Å². The molecule has 0 atom stereocenters. The number of nitrogens with zero attached hydrogens (tertiary/aromatic N) is 2. The molecule has 24 heavy (non-hydrogen) atoms. The largest absolute Gasteiger partial charge is 0.494 e. The van der Waals surface area contributed by atoms with Crippen LogP contribution in [0, 0.1) is 0 Å². The van der Waals surface area contributed by atoms with E-state index in [1.165, 1.54) is 0 Å². The number of para-hydroxylation sites is 1. The van der Waals surface area contributed by atoms with E-state index in [0.717, 1.165) is 47.9 Å². The Bertz CT molecular complexity index is 1030. The number of aromatic nitrogens is 2. The van der Waals surface area contributed by atoms with Gasteiger partial charge < -0.3 is 19.5 Å². The fourth-order valence-corrected chi connectivity index (χ4v) is 4.43. The molecule has 2 aromatic carbocycles. The Balaban J connectivity index is 1.52. The average Bonchev–Trinajstić information content (AvgIpc) is 3.28. The van der Waals surface area contributed by atoms with Crippen molar-refractivity contribution < 1.29 is 14.2 Å². The summed E-state index contributed by atoms with van der Waals surface area (Å²) in [6.45, 7) is 0.269. The van der Waals surface area contributed by atoms with Gasteiger partial charge >= 0.3 is 0 Å². The normalized spacial score (nSPS) is 12.9. The summed E-state index contributed by atoms with van der Waals surface area (Å²) in [4.78, 5) is 9.22. The van der Waals surface area contributed by atoms with Crippen LogP contribution in [0.1, 0.15) is 0 Å². The third-order valence-corrected chi connectivity index (χ3v) is 5.57. The zero-order valence-corrected chi connectivity index (χ0v) is 14.2. The molecule has 0 unspecified atom stereocenters. The van der Waals surface area contributed by atoms with Crippen molar-refractivity contribution in [2.75, 3.05) is 19.2 Å². The van der Waals surface area contributed by atoms with E-state index < -0.39 is 0 Å². The zero-order chi connectivity index (χ0) is 16.1. The first-order chi connectivity index (χ1) is 11.8. The molecule has 0 spiro atoms. The van der Waals surface area contributed by atoms with Crippen LogP contribution in [0.2, 0.25) is 0 Å². The van der Waals surface area contributed by atoms with Gasteiger partial charge in [-0.3, -0.25) is 0 Å². The molecule has 4 aromatic rings. The van der Waals surface area contributed by atoms with Crippen LogP contribution in [0.3, 0.4) is 0 Å². The summed E-state index contributed by atoms with van der Waals surface area (Å²) in [5.41, 5.74) is 1.74. The van der Waals surface area contributed by atoms with Crippen LogP contribution in [0.25, 0.3) is 20.4 Å². The molecular weight excluding hydrogens is 346 g/mol. The van der Waals surface area contributed by atoms with Crippen molar-refractivity contribution in [1.29, 1.82) is 0 Å². The van der Waals surface area contributed by atoms with E-state index in [0.29, 0.717) is 0 Å². The minimum Gasteiger partial charge on any atom is -0.494 e. The molecule has 0 saturated heterocycles. The maximum atomic E-state index is 5.41. The Kier molecular flexibility index (Phi) is 3.00. The van der Waals surface area contributed by atoms with Crippen molar-refractivity contribution in [2.45, 2.75) is 0 Å². The molecule has 2 aromatic heterocycles. The number of rotatable bonds is 3. The number of benzene rings is 2. The molecule has 0 amide bonds. The Morgan fingerprint density at radius 3 is 2.71 bits per heavy atom. The fraction of sp³-hybridized carbons (Fsp3) is 0.125. The Hall–Kier alpha value is -2.58. The fourth-order valence-electron chi connectivity index (χ4n) is 2.60. The third kappa shape index (κ3) is 2.15. The monoisotopic (exact) mass is 357 g/mol. The van der Waals surface area contributed by atoms with E-state index >= 15 is 0 Å². The van der Waals surface area contributed by atoms with Crippen LogP contribution in [0.5, 0.6) is 17.2 Å². The lowest BCUT2D eigenvalue weighted by Gasteiger charge is -1.98. The summed E-state index contributed by atoms with van der Waals surface area (Å²) in [5, 5.41) is 4.86. The number of ether oxygens (including phenoxy) is 3. The van der Waals surface area contributed by atoms with E-state index in [4.69, 9.17) is 14.2 Å². The minimum atomic E-state index is 0.269. The molecule has 0 radical (unpaired) electrons. The molecule has 0 aliphatic carbocycles. The summed E-state index contributed by atoms with van der Waals surface area (Å²) >= 11 is 3.12. The second kappa shape index (κ2) is 5.22. The summed E-state index contributed by atoms with van der Waals surface area (Å²) in [7, 11) is 1.65. The molecule has 5 rings (SSSR count). The number of hydrogen-bond acceptors (Lipinski definition) is 8. The molecule has 0 fully saturated rings. The van der Waals surface area contributed by atoms with Gasteiger partial charge in [-0.25, -0.2) is 9.97 Å². The van der Waals surface area contributed by atoms with E-state index in [9.17, 15) is 0 Å². The predicted molar refractivity (Wildman–Crippen MR) is 95.2 cm³/mol. The highest BCUT2D eigenvalue weighted by Crippen LogP contribution is 2.40. The van der Waals surface area contributed by atoms with E-state index in [2.05, 4.69) is 15.3 Å². The Morgan fingerprint density at radius 1 is 1.04 bits per heavy atom. The highest BCUT2D eigenvalue weighted by molar-refractivity contribution is 7.24. The smallest absolute Gasteiger partial charge is 0.231 e. The van der Waals surface area contributed by atoms with Gasteiger partial charge in [0.25, 0.3) is 0 Å². The van der Waals surface area contributed by atoms with Gasteiger partial charge in [0.05, 0.1) is 22.0 Å². The first-order valence-electron chi connectivity index (χ1n) is 7.21. The van der Waals surface area contributed by atoms with Crippen LogP contribution in [0.15, 0.2) is 30.3 Å². The van der Waals surface area contributed by atoms with Crippen LogP contribution >= 0.6 is 22.7 Å². The van der Waals surface area contributed by atoms with Gasteiger partial charge in [0.2, 0.25) is 6.79 Å². The molecule has 1 aliphatic rings. The van der Waals surface area contributed by atoms with Gasteiger partial charge in [-0.1, -0.05) is 28.7 Å². The number of anilines is 2. The van der Waals surface area contributed by atoms with Gasteiger partial charge in [0.1, 0.15) is 11.3 Å². The maximum absolute atomic E-state index is 5.41. The number of nitrogens with one attached hydrogen (secondary N) is 1. The lowest BCUT2D eigenvalue weighted by Crippen LogP contribution is -1.92. The van der Waals surface area contributed by atoms with Crippen molar-refractivity contribution in [3.63, 3.8) is 0 Å². The van der Waals surface area contributed by atoms with Gasteiger partial charge in [-0.2, -0.15) is 0 Å². The summed E-state index contributed by atoms with van der Waals surface area (Å²) in [5.74, 6) is 2.28. The highest BCUT2D eigenvalue weighted by Gasteiger charge is 2.17. The summed E-state index contributed by atoms with van der Waals surface area (Å²) in [6, 6.07) is 9.76. The van der Waals surface area contributed by atoms with E-state index in [-0.39, 0.29) is 6.79 Å². The topological polar surface area (TPSA) is 65.5 Å². The maximum Gasteiger partial charge on any atom is 0.231 e. The molecule has 0 bridgehead atoms. The molecule has 1 aliphatic heterocycles. The number of thiazole rings is 2. The molecule has 120 valence electrons. The minimum absolute atomic E-state index is 0.269. The quantitative estimate of drug-likeness (QED) is 0.587. The molecule has 1 N–H and O–H groups in total. The second-order valence-electron chi connectivity index (χ2n) is 5.14. The van der Waals surface area contributed by atoms with Gasteiger partial charge in [0.15, 0.2) is 21.8 Å². The number of fused-ring (bicyclic) bond motifs is 3. The van der Waals surface area contributed by atoms with Crippen LogP contribution in [-0.2, 0) is 0 Å². The van der Waals surface area contributed by atoms with Crippen molar-refractivity contribution in [3.8, 4) is 17.2 Å². The molecule has 8 heteroatoms. The highest BCUT2D eigenvalue weighted by atomic mass is 32.1. The Morgan fingerprint density at radius 2 is 1.83 bits per heavy atom. The third-order valence-electron chi connectivity index (χ3n) is 3.70. The van der Waals surface area contributed by atoms with E-state index in [1.807, 2.05) is 30.3 Å². The standard InChI is InChI=1S/C16H11N3O3S2/c1-20-9-3-2-4-12-14(9)18-16(23-12)19-15-17-8-5-10-11(22-7-21-10)6-13(8)24-15/h2-6H,7H2,1H3,(H,17,18,19). The first kappa shape index (κ1) is 13.8. The molecule has 0 saturated carbocycles. The van der Waals surface area contributed by atoms with Crippen molar-refractivity contribution in [1.82, 2.24) is 9.97 Å². The van der Waals surface area contributed by atoms with Crippen molar-refractivity contribution in [3.05, 3.63) is 30.3 Å². The summed E-state index contributed by atoms with van der Waals surface area (Å²) in [6.07, 6.45) is 0. The SMILES string of the molecule is COc1cccc2sc(Nc3nc4cc5c(cc4s3)OCO5)nc12. The second-order valence-corrected chi connectivity index (χ2v) is 7.20. The molecule has 3 heterocycles. The zero-order valence-electron chi connectivity index (χ0n) is 12.5. The number of hydrogen-bond donors (Lipinski definition) is 1. The molecule has 6 nitrogen and oxygen atoms in total. The van der Waals surface area contributed by atoms with E-state index in [1.54, 1.807) is 29.8 Å². The van der Waals surface area contributed by atoms with Crippen LogP contribution < -0.4 is 19.5 Å². The number of methoxy groups -OCH3 is 1. The lowest BCUT2D eigenvalue weighted by molar-refractivity contribution is 0.174. The van der Waals surface area contributed by atoms with Crippen LogP contribution in [0.4, 0.5) is 10.3 Å². The Labute approximate surface area is 144 Å². The van der Waals surface area contributed by atoms with Crippen molar-refractivity contribution >= 4 is 53.4 Å². The van der Waals surface area contributed by atoms with Crippen molar-refractivity contribution in [2.24, 2.45) is 0 Å². The van der Waals surface area contributed by atoms with Gasteiger partial charge in [-0.15, -0.1) is 0 Å². The molecular formula is C16H11N3O3S2. The van der Waals surface area contributed by atoms with Gasteiger partial charge in [0, 0.05) is 12.1 Å².